The maximum atomic E-state index is 14.9. The number of aliphatic hydroxyl groups excluding tert-OH is 3. The summed E-state index contributed by atoms with van der Waals surface area (Å²) < 4.78 is 30.6. The number of ether oxygens (including phenoxy) is 4. The van der Waals surface area contributed by atoms with Gasteiger partial charge in [0.05, 0.1) is 35.2 Å². The smallest absolute Gasteiger partial charge is 0.307 e. The Labute approximate surface area is 400 Å². The SMILES string of the molecule is CCCNCC1CCN(c2cc(=O)c3nc4c(oc3c2)c2c(=O)c3c(O)c(C)c5c(c34)=C(O)[C@@](C)(O/C=C/[C@H](OC)[C@@H](C)[C@@H](OC(C)=O)[C@H](C)[C@H](O)[C@H](C)[C@@H](O)[C@@H](C)/C=C/C=C(/C)C(=O)N2)O5)CC1. The van der Waals surface area contributed by atoms with E-state index in [1.807, 2.05) is 0 Å². The molecule has 69 heavy (non-hydrogen) atoms. The van der Waals surface area contributed by atoms with Crippen LogP contribution in [0.25, 0.3) is 38.7 Å². The molecule has 5 bridgehead atoms. The fraction of sp³-hybridized carbons (Fsp3) is 0.519. The van der Waals surface area contributed by atoms with Crippen LogP contribution in [-0.2, 0) is 23.8 Å². The van der Waals surface area contributed by atoms with Gasteiger partial charge in [-0.1, -0.05) is 52.8 Å². The van der Waals surface area contributed by atoms with Gasteiger partial charge in [-0.15, -0.1) is 0 Å². The lowest BCUT2D eigenvalue weighted by Gasteiger charge is -2.38. The minimum absolute atomic E-state index is 0.0456. The Morgan fingerprint density at radius 1 is 0.986 bits per heavy atom. The molecule has 0 aliphatic carbocycles. The van der Waals surface area contributed by atoms with Crippen LogP contribution in [0.5, 0.6) is 11.5 Å². The molecule has 4 heterocycles. The first-order chi connectivity index (χ1) is 32.7. The molecule has 17 nitrogen and oxygen atoms in total. The zero-order chi connectivity index (χ0) is 50.2. The number of aromatic nitrogens is 1. The van der Waals surface area contributed by atoms with E-state index in [4.69, 9.17) is 28.3 Å². The Kier molecular flexibility index (Phi) is 15.1. The Bertz CT molecular complexity index is 2900. The van der Waals surface area contributed by atoms with Gasteiger partial charge in [0.2, 0.25) is 10.9 Å². The Balaban J connectivity index is 1.44. The number of allylic oxidation sites excluding steroid dienone is 2. The van der Waals surface area contributed by atoms with Gasteiger partial charge in [0.25, 0.3) is 5.91 Å². The van der Waals surface area contributed by atoms with Crippen LogP contribution >= 0.6 is 0 Å². The number of aliphatic hydroxyl groups is 3. The van der Waals surface area contributed by atoms with Crippen LogP contribution < -0.4 is 36.3 Å². The number of nitrogens with zero attached hydrogens (tertiary/aromatic N) is 2. The number of phenols is 1. The molecule has 3 aromatic carbocycles. The second-order valence-corrected chi connectivity index (χ2v) is 19.2. The van der Waals surface area contributed by atoms with E-state index in [0.717, 1.165) is 32.4 Å². The zero-order valence-corrected chi connectivity index (χ0v) is 41.0. The molecule has 1 saturated heterocycles. The van der Waals surface area contributed by atoms with Crippen molar-refractivity contribution in [3.8, 4) is 11.5 Å². The minimum atomic E-state index is -1.98. The third-order valence-electron chi connectivity index (χ3n) is 14.3. The van der Waals surface area contributed by atoms with Crippen LogP contribution in [0.1, 0.15) is 80.2 Å². The average Bonchev–Trinajstić information content (AvgIpc) is 3.59. The van der Waals surface area contributed by atoms with Crippen molar-refractivity contribution >= 4 is 62.0 Å². The van der Waals surface area contributed by atoms with E-state index in [1.165, 1.54) is 59.3 Å². The largest absolute Gasteiger partial charge is 0.507 e. The minimum Gasteiger partial charge on any atom is -0.507 e. The molecule has 6 N–H and O–H groups in total. The normalized spacial score (nSPS) is 29.2. The van der Waals surface area contributed by atoms with Gasteiger partial charge in [0.1, 0.15) is 28.8 Å². The van der Waals surface area contributed by atoms with Crippen LogP contribution in [-0.4, -0.2) is 101 Å². The molecule has 4 aromatic rings. The highest BCUT2D eigenvalue weighted by Crippen LogP contribution is 2.42. The molecule has 3 aliphatic heterocycles. The highest BCUT2D eigenvalue weighted by molar-refractivity contribution is 6.16. The molecule has 1 aromatic heterocycles. The number of carbonyl (C=O) groups excluding carboxylic acids is 2. The number of piperidine rings is 1. The lowest BCUT2D eigenvalue weighted by Crippen LogP contribution is -2.46. The lowest BCUT2D eigenvalue weighted by molar-refractivity contribution is -0.160. The summed E-state index contributed by atoms with van der Waals surface area (Å²) >= 11 is 0. The maximum Gasteiger partial charge on any atom is 0.307 e. The van der Waals surface area contributed by atoms with Gasteiger partial charge >= 0.3 is 11.8 Å². The van der Waals surface area contributed by atoms with Crippen molar-refractivity contribution < 1.29 is 53.4 Å². The van der Waals surface area contributed by atoms with Crippen molar-refractivity contribution in [1.29, 1.82) is 0 Å². The number of benzene rings is 3. The molecular weight excluding hydrogens is 889 g/mol. The Hall–Kier alpha value is -6.01. The number of carbonyl (C=O) groups is 2. The molecule has 7 rings (SSSR count). The molecule has 9 atom stereocenters. The van der Waals surface area contributed by atoms with Gasteiger partial charge in [-0.2, -0.15) is 0 Å². The summed E-state index contributed by atoms with van der Waals surface area (Å²) in [5.74, 6) is -6.43. The fourth-order valence-corrected chi connectivity index (χ4v) is 9.94. The summed E-state index contributed by atoms with van der Waals surface area (Å²) in [6, 6.07) is 3.18. The van der Waals surface area contributed by atoms with Crippen molar-refractivity contribution in [2.24, 2.45) is 29.6 Å². The number of amides is 1. The van der Waals surface area contributed by atoms with Crippen LogP contribution in [0.15, 0.2) is 62.3 Å². The van der Waals surface area contributed by atoms with Gasteiger partial charge in [-0.25, -0.2) is 4.98 Å². The predicted octanol–water partition coefficient (Wildman–Crippen LogP) is 5.78. The second kappa shape index (κ2) is 20.5. The zero-order valence-electron chi connectivity index (χ0n) is 41.0. The number of rotatable bonds is 7. The van der Waals surface area contributed by atoms with Crippen molar-refractivity contribution in [1.82, 2.24) is 10.3 Å². The molecule has 17 heteroatoms. The van der Waals surface area contributed by atoms with Crippen molar-refractivity contribution in [3.63, 3.8) is 0 Å². The Morgan fingerprint density at radius 3 is 2.36 bits per heavy atom. The standard InChI is InChI=1S/C52H66N4O13/c1-11-18-53-24-32-15-19-56(20-16-32)33-22-34(58)40-36(23-33)68-49-41(54-40)37-38-45(61)30(7)48-39(37)50(63)52(9,69-48)66-21-17-35(65-10)27(4)47(67-31(8)57)29(6)44(60)28(5)43(59)25(2)13-12-14-26(3)51(64)55-42(49)46(38)62/h12-14,17,21-23,25,27-29,32,35,43-44,47,53,59-61,63H,11,15-16,18-20,24H2,1-10H3,(H,55,64)/b13-12+,21-17+,26-14-/t25-,27+,28+,29+,35-,43-,44+,47+,52-/m0/s1. The molecule has 3 aliphatic rings. The third kappa shape index (κ3) is 9.79. The van der Waals surface area contributed by atoms with Gasteiger partial charge in [-0.3, -0.25) is 19.2 Å². The molecule has 372 valence electrons. The van der Waals surface area contributed by atoms with Crippen molar-refractivity contribution in [3.05, 3.63) is 79.5 Å². The monoisotopic (exact) mass is 954 g/mol. The van der Waals surface area contributed by atoms with Crippen LogP contribution in [0.4, 0.5) is 11.4 Å². The first-order valence-electron chi connectivity index (χ1n) is 23.8. The van der Waals surface area contributed by atoms with Crippen molar-refractivity contribution in [2.75, 3.05) is 43.5 Å². The molecule has 1 amide bonds. The number of aromatic hydroxyl groups is 1. The summed E-state index contributed by atoms with van der Waals surface area (Å²) in [6.45, 7) is 18.0. The number of hydrogen-bond acceptors (Lipinski definition) is 16. The lowest BCUT2D eigenvalue weighted by atomic mass is 9.78. The molecule has 1 fully saturated rings. The van der Waals surface area contributed by atoms with E-state index in [2.05, 4.69) is 22.5 Å². The number of methoxy groups -OCH3 is 1. The van der Waals surface area contributed by atoms with Crippen molar-refractivity contribution in [2.45, 2.75) is 112 Å². The molecule has 0 unspecified atom stereocenters. The molecule has 0 saturated carbocycles. The maximum absolute atomic E-state index is 14.9. The van der Waals surface area contributed by atoms with E-state index >= 15 is 0 Å². The van der Waals surface area contributed by atoms with Crippen LogP contribution in [0.3, 0.4) is 0 Å². The predicted molar refractivity (Wildman–Crippen MR) is 263 cm³/mol. The quantitative estimate of drug-likeness (QED) is 0.0557. The summed E-state index contributed by atoms with van der Waals surface area (Å²) in [4.78, 5) is 62.4. The van der Waals surface area contributed by atoms with E-state index in [-0.39, 0.29) is 60.8 Å². The second-order valence-electron chi connectivity index (χ2n) is 19.2. The number of esters is 1. The van der Waals surface area contributed by atoms with Gasteiger partial charge in [0.15, 0.2) is 22.4 Å². The molecule has 0 spiro atoms. The van der Waals surface area contributed by atoms with E-state index < -0.39 is 88.1 Å². The third-order valence-corrected chi connectivity index (χ3v) is 14.3. The molecule has 0 radical (unpaired) electrons. The topological polar surface area (TPSA) is 239 Å². The van der Waals surface area contributed by atoms with Crippen LogP contribution in [0, 0.1) is 36.5 Å². The van der Waals surface area contributed by atoms with Gasteiger partial charge < -0.3 is 59.3 Å². The fourth-order valence-electron chi connectivity index (χ4n) is 9.94. The average molecular weight is 955 g/mol. The number of fused-ring (bicyclic) bond motifs is 5. The molecular formula is C52H66N4O13. The summed E-state index contributed by atoms with van der Waals surface area (Å²) in [7, 11) is 1.45. The summed E-state index contributed by atoms with van der Waals surface area (Å²) in [5.41, 5.74) is -1.30. The first-order valence-corrected chi connectivity index (χ1v) is 23.8. The highest BCUT2D eigenvalue weighted by Gasteiger charge is 2.44. The van der Waals surface area contributed by atoms with Crippen LogP contribution in [0.2, 0.25) is 0 Å². The van der Waals surface area contributed by atoms with Gasteiger partial charge in [-0.05, 0) is 58.2 Å². The summed E-state index contributed by atoms with van der Waals surface area (Å²) in [5, 5.41) is 52.9. The number of anilines is 2. The number of nitrogens with one attached hydrogen (secondary N) is 2. The number of phenolic OH excluding ortho intramolecular Hbond substituents is 1. The number of hydrogen-bond donors (Lipinski definition) is 6. The summed E-state index contributed by atoms with van der Waals surface area (Å²) in [6.07, 6.45) is 6.46. The first kappa shape index (κ1) is 50.9. The van der Waals surface area contributed by atoms with E-state index in [1.54, 1.807) is 45.9 Å². The highest BCUT2D eigenvalue weighted by atomic mass is 16.7. The van der Waals surface area contributed by atoms with E-state index in [9.17, 15) is 39.6 Å². The van der Waals surface area contributed by atoms with E-state index in [0.29, 0.717) is 24.7 Å². The Morgan fingerprint density at radius 2 is 1.70 bits per heavy atom. The van der Waals surface area contributed by atoms with Gasteiger partial charge in [0, 0.05) is 92.1 Å².